The zero-order chi connectivity index (χ0) is 12.3. The summed E-state index contributed by atoms with van der Waals surface area (Å²) in [7, 11) is 0. The summed E-state index contributed by atoms with van der Waals surface area (Å²) in [4.78, 5) is 0. The molecule has 2 N–H and O–H groups in total. The fourth-order valence-corrected chi connectivity index (χ4v) is 2.63. The first kappa shape index (κ1) is 12.6. The van der Waals surface area contributed by atoms with Gasteiger partial charge in [0, 0.05) is 12.6 Å². The first-order chi connectivity index (χ1) is 8.16. The Morgan fingerprint density at radius 3 is 2.71 bits per heavy atom. The van der Waals surface area contributed by atoms with E-state index < -0.39 is 0 Å². The highest BCUT2D eigenvalue weighted by Crippen LogP contribution is 2.19. The van der Waals surface area contributed by atoms with Gasteiger partial charge >= 0.3 is 0 Å². The van der Waals surface area contributed by atoms with E-state index in [1.54, 1.807) is 0 Å². The summed E-state index contributed by atoms with van der Waals surface area (Å²) in [5.41, 5.74) is 3.99. The average Bonchev–Trinajstić information content (AvgIpc) is 2.30. The lowest BCUT2D eigenvalue weighted by molar-refractivity contribution is 0.0902. The van der Waals surface area contributed by atoms with E-state index in [9.17, 15) is 5.11 Å². The van der Waals surface area contributed by atoms with Gasteiger partial charge in [0.25, 0.3) is 0 Å². The number of aryl methyl sites for hydroxylation is 2. The largest absolute Gasteiger partial charge is 0.392 e. The maximum absolute atomic E-state index is 9.90. The minimum atomic E-state index is -0.158. The van der Waals surface area contributed by atoms with Crippen LogP contribution in [0.25, 0.3) is 0 Å². The van der Waals surface area contributed by atoms with Crippen LogP contribution in [-0.4, -0.2) is 17.3 Å². The highest BCUT2D eigenvalue weighted by Gasteiger charge is 2.22. The van der Waals surface area contributed by atoms with E-state index >= 15 is 0 Å². The van der Waals surface area contributed by atoms with E-state index in [2.05, 4.69) is 37.4 Å². The van der Waals surface area contributed by atoms with Gasteiger partial charge in [-0.15, -0.1) is 0 Å². The number of benzene rings is 1. The zero-order valence-electron chi connectivity index (χ0n) is 10.9. The molecule has 0 aromatic heterocycles. The summed E-state index contributed by atoms with van der Waals surface area (Å²) in [6.07, 6.45) is 4.30. The minimum absolute atomic E-state index is 0.158. The van der Waals surface area contributed by atoms with Crippen molar-refractivity contribution in [3.05, 3.63) is 34.9 Å². The molecule has 0 unspecified atom stereocenters. The molecule has 2 atom stereocenters. The molecule has 1 aliphatic carbocycles. The van der Waals surface area contributed by atoms with E-state index in [-0.39, 0.29) is 12.1 Å². The molecule has 2 nitrogen and oxygen atoms in total. The molecule has 1 aromatic rings. The van der Waals surface area contributed by atoms with Crippen LogP contribution in [0, 0.1) is 13.8 Å². The minimum Gasteiger partial charge on any atom is -0.392 e. The van der Waals surface area contributed by atoms with Gasteiger partial charge in [0.1, 0.15) is 0 Å². The van der Waals surface area contributed by atoms with Crippen molar-refractivity contribution < 1.29 is 5.11 Å². The van der Waals surface area contributed by atoms with E-state index in [1.165, 1.54) is 29.5 Å². The summed E-state index contributed by atoms with van der Waals surface area (Å²) in [6.45, 7) is 5.14. The Bertz CT molecular complexity index is 375. The number of aliphatic hydroxyl groups excluding tert-OH is 1. The number of nitrogens with one attached hydrogen (secondary N) is 1. The van der Waals surface area contributed by atoms with E-state index in [0.717, 1.165) is 19.4 Å². The fourth-order valence-electron chi connectivity index (χ4n) is 2.63. The molecule has 1 fully saturated rings. The zero-order valence-corrected chi connectivity index (χ0v) is 10.9. The van der Waals surface area contributed by atoms with E-state index in [4.69, 9.17) is 0 Å². The molecule has 1 aliphatic rings. The standard InChI is InChI=1S/C15H23NO/c1-11-7-8-13(12(2)9-11)10-16-14-5-3-4-6-15(14)17/h7-9,14-17H,3-6,10H2,1-2H3/t14-,15+/m0/s1. The number of hydrogen-bond donors (Lipinski definition) is 2. The summed E-state index contributed by atoms with van der Waals surface area (Å²) < 4.78 is 0. The van der Waals surface area contributed by atoms with Crippen molar-refractivity contribution >= 4 is 0 Å². The summed E-state index contributed by atoms with van der Waals surface area (Å²) >= 11 is 0. The van der Waals surface area contributed by atoms with Crippen molar-refractivity contribution in [2.45, 2.75) is 58.2 Å². The van der Waals surface area contributed by atoms with Gasteiger partial charge in [-0.25, -0.2) is 0 Å². The lowest BCUT2D eigenvalue weighted by Gasteiger charge is -2.28. The lowest BCUT2D eigenvalue weighted by Crippen LogP contribution is -2.41. The lowest BCUT2D eigenvalue weighted by atomic mass is 9.92. The molecule has 17 heavy (non-hydrogen) atoms. The Labute approximate surface area is 104 Å². The first-order valence-electron chi connectivity index (χ1n) is 6.64. The molecule has 2 heteroatoms. The second kappa shape index (κ2) is 5.65. The fraction of sp³-hybridized carbons (Fsp3) is 0.600. The predicted molar refractivity (Wildman–Crippen MR) is 71.0 cm³/mol. The van der Waals surface area contributed by atoms with E-state index in [1.807, 2.05) is 0 Å². The van der Waals surface area contributed by atoms with Gasteiger partial charge in [0.05, 0.1) is 6.10 Å². The molecular formula is C15H23NO. The van der Waals surface area contributed by atoms with Gasteiger partial charge in [-0.3, -0.25) is 0 Å². The molecule has 0 aliphatic heterocycles. The number of aliphatic hydroxyl groups is 1. The van der Waals surface area contributed by atoms with Gasteiger partial charge < -0.3 is 10.4 Å². The molecule has 0 amide bonds. The number of rotatable bonds is 3. The van der Waals surface area contributed by atoms with Crippen molar-refractivity contribution in [2.24, 2.45) is 0 Å². The molecule has 0 bridgehead atoms. The Balaban J connectivity index is 1.92. The first-order valence-corrected chi connectivity index (χ1v) is 6.64. The number of hydrogen-bond acceptors (Lipinski definition) is 2. The van der Waals surface area contributed by atoms with Gasteiger partial charge in [-0.1, -0.05) is 36.6 Å². The highest BCUT2D eigenvalue weighted by molar-refractivity contribution is 5.30. The molecule has 0 heterocycles. The molecule has 2 rings (SSSR count). The van der Waals surface area contributed by atoms with Gasteiger partial charge in [0.15, 0.2) is 0 Å². The van der Waals surface area contributed by atoms with Crippen LogP contribution in [0.15, 0.2) is 18.2 Å². The molecule has 1 aromatic carbocycles. The Hall–Kier alpha value is -0.860. The smallest absolute Gasteiger partial charge is 0.0693 e. The third-order valence-electron chi connectivity index (χ3n) is 3.78. The molecule has 0 saturated heterocycles. The second-order valence-corrected chi connectivity index (χ2v) is 5.27. The SMILES string of the molecule is Cc1ccc(CN[C@H]2CCCC[C@H]2O)c(C)c1. The van der Waals surface area contributed by atoms with Crippen molar-refractivity contribution in [3.8, 4) is 0 Å². The van der Waals surface area contributed by atoms with Crippen LogP contribution < -0.4 is 5.32 Å². The van der Waals surface area contributed by atoms with Crippen molar-refractivity contribution in [1.29, 1.82) is 0 Å². The van der Waals surface area contributed by atoms with Crippen LogP contribution in [0.2, 0.25) is 0 Å². The molecular weight excluding hydrogens is 210 g/mol. The molecule has 94 valence electrons. The highest BCUT2D eigenvalue weighted by atomic mass is 16.3. The third kappa shape index (κ3) is 3.30. The average molecular weight is 233 g/mol. The van der Waals surface area contributed by atoms with Crippen molar-refractivity contribution in [1.82, 2.24) is 5.32 Å². The monoisotopic (exact) mass is 233 g/mol. The van der Waals surface area contributed by atoms with Gasteiger partial charge in [0.2, 0.25) is 0 Å². The maximum Gasteiger partial charge on any atom is 0.0693 e. The normalized spacial score (nSPS) is 24.9. The van der Waals surface area contributed by atoms with Crippen LogP contribution in [0.3, 0.4) is 0 Å². The van der Waals surface area contributed by atoms with E-state index in [0.29, 0.717) is 0 Å². The van der Waals surface area contributed by atoms with Gasteiger partial charge in [-0.05, 0) is 37.8 Å². The summed E-state index contributed by atoms with van der Waals surface area (Å²) in [5, 5.41) is 13.4. The van der Waals surface area contributed by atoms with Crippen LogP contribution >= 0.6 is 0 Å². The Morgan fingerprint density at radius 1 is 1.24 bits per heavy atom. The predicted octanol–water partition coefficient (Wildman–Crippen LogP) is 2.70. The third-order valence-corrected chi connectivity index (χ3v) is 3.78. The Morgan fingerprint density at radius 2 is 2.00 bits per heavy atom. The summed E-state index contributed by atoms with van der Waals surface area (Å²) in [5.74, 6) is 0. The topological polar surface area (TPSA) is 32.3 Å². The van der Waals surface area contributed by atoms with Crippen LogP contribution in [-0.2, 0) is 6.54 Å². The van der Waals surface area contributed by atoms with Crippen LogP contribution in [0.5, 0.6) is 0 Å². The van der Waals surface area contributed by atoms with Crippen molar-refractivity contribution in [2.75, 3.05) is 0 Å². The van der Waals surface area contributed by atoms with Crippen LogP contribution in [0.4, 0.5) is 0 Å². The van der Waals surface area contributed by atoms with Crippen molar-refractivity contribution in [3.63, 3.8) is 0 Å². The van der Waals surface area contributed by atoms with Crippen LogP contribution in [0.1, 0.15) is 42.4 Å². The quantitative estimate of drug-likeness (QED) is 0.841. The molecule has 1 saturated carbocycles. The Kier molecular flexibility index (Phi) is 4.19. The second-order valence-electron chi connectivity index (χ2n) is 5.27. The van der Waals surface area contributed by atoms with Gasteiger partial charge in [-0.2, -0.15) is 0 Å². The summed E-state index contributed by atoms with van der Waals surface area (Å²) in [6, 6.07) is 6.84. The molecule has 0 radical (unpaired) electrons. The maximum atomic E-state index is 9.90. The molecule has 0 spiro atoms.